The van der Waals surface area contributed by atoms with Gasteiger partial charge < -0.3 is 9.26 Å². The second-order valence-electron chi connectivity index (χ2n) is 5.36. The third-order valence-corrected chi connectivity index (χ3v) is 6.38. The van der Waals surface area contributed by atoms with E-state index >= 15 is 0 Å². The van der Waals surface area contributed by atoms with Crippen LogP contribution in [0.4, 0.5) is 0 Å². The fourth-order valence-electron chi connectivity index (χ4n) is 2.06. The van der Waals surface area contributed by atoms with Crippen molar-refractivity contribution < 1.29 is 22.5 Å². The van der Waals surface area contributed by atoms with Gasteiger partial charge in [0, 0.05) is 12.1 Å². The SMILES string of the molecule is CN(CC(=O)OCc1nc(-c2cccs2)no1)S(=O)(=O)c1ccc(Cl)cc1. The van der Waals surface area contributed by atoms with Crippen LogP contribution in [0, 0.1) is 0 Å². The Hall–Kier alpha value is -2.27. The Balaban J connectivity index is 1.56. The van der Waals surface area contributed by atoms with E-state index in [-0.39, 0.29) is 17.4 Å². The Morgan fingerprint density at radius 3 is 2.70 bits per heavy atom. The minimum Gasteiger partial charge on any atom is -0.455 e. The van der Waals surface area contributed by atoms with E-state index in [0.717, 1.165) is 9.18 Å². The minimum atomic E-state index is -3.84. The molecule has 0 aliphatic rings. The second-order valence-corrected chi connectivity index (χ2v) is 8.79. The van der Waals surface area contributed by atoms with Crippen molar-refractivity contribution in [1.29, 1.82) is 0 Å². The van der Waals surface area contributed by atoms with E-state index in [1.165, 1.54) is 42.6 Å². The van der Waals surface area contributed by atoms with Crippen molar-refractivity contribution in [1.82, 2.24) is 14.4 Å². The lowest BCUT2D eigenvalue weighted by Gasteiger charge is -2.16. The number of carbonyl (C=O) groups excluding carboxylic acids is 1. The smallest absolute Gasteiger partial charge is 0.321 e. The predicted octanol–water partition coefficient (Wildman–Crippen LogP) is 2.82. The van der Waals surface area contributed by atoms with Crippen molar-refractivity contribution in [3.8, 4) is 10.7 Å². The van der Waals surface area contributed by atoms with E-state index in [0.29, 0.717) is 10.8 Å². The highest BCUT2D eigenvalue weighted by Crippen LogP contribution is 2.21. The highest BCUT2D eigenvalue weighted by molar-refractivity contribution is 7.89. The van der Waals surface area contributed by atoms with Crippen molar-refractivity contribution in [3.63, 3.8) is 0 Å². The van der Waals surface area contributed by atoms with Crippen LogP contribution in [-0.4, -0.2) is 42.4 Å². The maximum Gasteiger partial charge on any atom is 0.321 e. The summed E-state index contributed by atoms with van der Waals surface area (Å²) in [5, 5.41) is 6.09. The molecule has 0 radical (unpaired) electrons. The maximum atomic E-state index is 12.4. The van der Waals surface area contributed by atoms with Gasteiger partial charge in [0.05, 0.1) is 9.77 Å². The van der Waals surface area contributed by atoms with Gasteiger partial charge in [-0.2, -0.15) is 9.29 Å². The monoisotopic (exact) mass is 427 g/mol. The molecule has 142 valence electrons. The average Bonchev–Trinajstić information content (AvgIpc) is 3.31. The first-order valence-corrected chi connectivity index (χ1v) is 10.3. The number of halogens is 1. The number of nitrogens with zero attached hydrogens (tertiary/aromatic N) is 3. The summed E-state index contributed by atoms with van der Waals surface area (Å²) in [5.74, 6) is -0.223. The lowest BCUT2D eigenvalue weighted by molar-refractivity contribution is -0.145. The molecule has 0 aliphatic heterocycles. The summed E-state index contributed by atoms with van der Waals surface area (Å²) in [6.45, 7) is -0.705. The number of carbonyl (C=O) groups is 1. The summed E-state index contributed by atoms with van der Waals surface area (Å²) < 4.78 is 35.8. The molecule has 0 saturated carbocycles. The van der Waals surface area contributed by atoms with Crippen LogP contribution in [0.25, 0.3) is 10.7 Å². The molecule has 2 heterocycles. The second kappa shape index (κ2) is 8.17. The summed E-state index contributed by atoms with van der Waals surface area (Å²) in [4.78, 5) is 16.9. The molecule has 3 aromatic rings. The van der Waals surface area contributed by atoms with Crippen LogP contribution in [0.5, 0.6) is 0 Å². The Kier molecular flexibility index (Phi) is 5.90. The van der Waals surface area contributed by atoms with E-state index in [4.69, 9.17) is 20.9 Å². The third-order valence-electron chi connectivity index (χ3n) is 3.44. The van der Waals surface area contributed by atoms with Crippen molar-refractivity contribution in [2.24, 2.45) is 0 Å². The molecule has 0 N–H and O–H groups in total. The van der Waals surface area contributed by atoms with Crippen LogP contribution in [0.2, 0.25) is 5.02 Å². The molecule has 11 heteroatoms. The molecular formula is C16H14ClN3O5S2. The fourth-order valence-corrected chi connectivity index (χ4v) is 3.95. The quantitative estimate of drug-likeness (QED) is 0.534. The number of sulfonamides is 1. The summed E-state index contributed by atoms with van der Waals surface area (Å²) in [6.07, 6.45) is 0. The zero-order chi connectivity index (χ0) is 19.4. The number of hydrogen-bond donors (Lipinski definition) is 0. The lowest BCUT2D eigenvalue weighted by atomic mass is 10.4. The minimum absolute atomic E-state index is 0.0275. The number of rotatable bonds is 7. The molecular weight excluding hydrogens is 414 g/mol. The molecule has 0 unspecified atom stereocenters. The first kappa shape index (κ1) is 19.5. The molecule has 0 aliphatic carbocycles. The van der Waals surface area contributed by atoms with Gasteiger partial charge >= 0.3 is 5.97 Å². The third kappa shape index (κ3) is 4.72. The highest BCUT2D eigenvalue weighted by Gasteiger charge is 2.24. The van der Waals surface area contributed by atoms with Crippen molar-refractivity contribution >= 4 is 38.9 Å². The Labute approximate surface area is 164 Å². The summed E-state index contributed by atoms with van der Waals surface area (Å²) in [5.41, 5.74) is 0. The number of likely N-dealkylation sites (N-methyl/N-ethyl adjacent to an activating group) is 1. The molecule has 0 fully saturated rings. The molecule has 0 bridgehead atoms. The van der Waals surface area contributed by atoms with Crippen molar-refractivity contribution in [2.75, 3.05) is 13.6 Å². The molecule has 8 nitrogen and oxygen atoms in total. The zero-order valence-corrected chi connectivity index (χ0v) is 16.4. The van der Waals surface area contributed by atoms with Gasteiger partial charge in [0.2, 0.25) is 15.8 Å². The Bertz CT molecular complexity index is 1020. The molecule has 0 atom stereocenters. The molecule has 0 saturated heterocycles. The van der Waals surface area contributed by atoms with Crippen LogP contribution in [0.15, 0.2) is 51.2 Å². The van der Waals surface area contributed by atoms with Crippen LogP contribution >= 0.6 is 22.9 Å². The molecule has 0 amide bonds. The molecule has 0 spiro atoms. The summed E-state index contributed by atoms with van der Waals surface area (Å²) in [7, 11) is -2.55. The summed E-state index contributed by atoms with van der Waals surface area (Å²) in [6, 6.07) is 9.34. The number of thiophene rings is 1. The number of esters is 1. The average molecular weight is 428 g/mol. The number of benzene rings is 1. The van der Waals surface area contributed by atoms with Crippen LogP contribution in [0.1, 0.15) is 5.89 Å². The van der Waals surface area contributed by atoms with Gasteiger partial charge in [0.15, 0.2) is 6.61 Å². The van der Waals surface area contributed by atoms with Crippen molar-refractivity contribution in [2.45, 2.75) is 11.5 Å². The van der Waals surface area contributed by atoms with E-state index in [1.807, 2.05) is 17.5 Å². The summed E-state index contributed by atoms with van der Waals surface area (Å²) >= 11 is 7.21. The number of hydrogen-bond acceptors (Lipinski definition) is 8. The van der Waals surface area contributed by atoms with Crippen molar-refractivity contribution in [3.05, 3.63) is 52.7 Å². The number of ether oxygens (including phenoxy) is 1. The maximum absolute atomic E-state index is 12.4. The fraction of sp³-hybridized carbons (Fsp3) is 0.188. The molecule has 27 heavy (non-hydrogen) atoms. The van der Waals surface area contributed by atoms with Gasteiger partial charge in [-0.05, 0) is 35.7 Å². The van der Waals surface area contributed by atoms with Crippen LogP contribution < -0.4 is 0 Å². The van der Waals surface area contributed by atoms with Gasteiger partial charge in [0.25, 0.3) is 5.89 Å². The highest BCUT2D eigenvalue weighted by atomic mass is 35.5. The van der Waals surface area contributed by atoms with Gasteiger partial charge in [-0.3, -0.25) is 4.79 Å². The van der Waals surface area contributed by atoms with E-state index < -0.39 is 22.5 Å². The van der Waals surface area contributed by atoms with E-state index in [9.17, 15) is 13.2 Å². The van der Waals surface area contributed by atoms with E-state index in [2.05, 4.69) is 10.1 Å². The predicted molar refractivity (Wildman–Crippen MR) is 98.7 cm³/mol. The van der Waals surface area contributed by atoms with Gasteiger partial charge in [-0.25, -0.2) is 8.42 Å². The van der Waals surface area contributed by atoms with Gasteiger partial charge in [-0.1, -0.05) is 22.8 Å². The molecule has 2 aromatic heterocycles. The zero-order valence-electron chi connectivity index (χ0n) is 14.0. The standard InChI is InChI=1S/C16H14ClN3O5S2/c1-20(27(22,23)12-6-4-11(17)5-7-12)9-15(21)24-10-14-18-16(19-25-14)13-3-2-8-26-13/h2-8H,9-10H2,1H3. The van der Waals surface area contributed by atoms with Crippen LogP contribution in [-0.2, 0) is 26.2 Å². The topological polar surface area (TPSA) is 103 Å². The van der Waals surface area contributed by atoms with Gasteiger partial charge in [-0.15, -0.1) is 11.3 Å². The van der Waals surface area contributed by atoms with Crippen LogP contribution in [0.3, 0.4) is 0 Å². The normalized spacial score (nSPS) is 11.7. The first-order valence-electron chi connectivity index (χ1n) is 7.60. The largest absolute Gasteiger partial charge is 0.455 e. The Morgan fingerprint density at radius 1 is 1.30 bits per heavy atom. The van der Waals surface area contributed by atoms with Gasteiger partial charge in [0.1, 0.15) is 6.54 Å². The first-order chi connectivity index (χ1) is 12.9. The molecule has 1 aromatic carbocycles. The number of aromatic nitrogens is 2. The van der Waals surface area contributed by atoms with E-state index in [1.54, 1.807) is 0 Å². The molecule has 3 rings (SSSR count). The Morgan fingerprint density at radius 2 is 2.04 bits per heavy atom. The lowest BCUT2D eigenvalue weighted by Crippen LogP contribution is -2.33.